The van der Waals surface area contributed by atoms with Gasteiger partial charge in [0.2, 0.25) is 0 Å². The Bertz CT molecular complexity index is 436. The van der Waals surface area contributed by atoms with E-state index in [1.54, 1.807) is 0 Å². The van der Waals surface area contributed by atoms with Crippen LogP contribution in [0.15, 0.2) is 12.1 Å². The average molecular weight is 268 g/mol. The third kappa shape index (κ3) is 2.40. The van der Waals surface area contributed by atoms with E-state index in [0.29, 0.717) is 6.54 Å². The van der Waals surface area contributed by atoms with Crippen molar-refractivity contribution in [3.05, 3.63) is 34.4 Å². The fraction of sp³-hybridized carbons (Fsp3) is 0.455. The zero-order valence-corrected chi connectivity index (χ0v) is 9.50. The molecule has 94 valence electrons. The molecule has 1 N–H and O–H groups in total. The number of halogens is 5. The molecule has 1 aliphatic heterocycles. The van der Waals surface area contributed by atoms with E-state index in [1.165, 1.54) is 0 Å². The fourth-order valence-electron chi connectivity index (χ4n) is 2.02. The molecule has 1 heterocycles. The summed E-state index contributed by atoms with van der Waals surface area (Å²) in [5.74, 6) is -6.16. The molecule has 0 aromatic heterocycles. The summed E-state index contributed by atoms with van der Waals surface area (Å²) in [6, 6.07) is 1.51. The van der Waals surface area contributed by atoms with Gasteiger partial charge in [-0.3, -0.25) is 0 Å². The Morgan fingerprint density at radius 3 is 2.59 bits per heavy atom. The van der Waals surface area contributed by atoms with Crippen LogP contribution in [0, 0.1) is 11.6 Å². The molecule has 1 atom stereocenters. The molecule has 1 unspecified atom stereocenters. The second-order valence-corrected chi connectivity index (χ2v) is 4.47. The van der Waals surface area contributed by atoms with Crippen LogP contribution in [-0.2, 0) is 0 Å². The summed E-state index contributed by atoms with van der Waals surface area (Å²) in [6.45, 7) is -0.175. The summed E-state index contributed by atoms with van der Waals surface area (Å²) in [4.78, 5) is 0. The summed E-state index contributed by atoms with van der Waals surface area (Å²) < 4.78 is 53.9. The second kappa shape index (κ2) is 4.46. The first-order chi connectivity index (χ1) is 7.92. The van der Waals surface area contributed by atoms with Crippen LogP contribution in [0.2, 0.25) is 5.02 Å². The topological polar surface area (TPSA) is 12.0 Å². The van der Waals surface area contributed by atoms with Gasteiger partial charge >= 0.3 is 0 Å². The Balaban J connectivity index is 2.42. The van der Waals surface area contributed by atoms with Crippen LogP contribution in [0.25, 0.3) is 0 Å². The normalized spacial score (nSPS) is 23.7. The molecule has 1 saturated heterocycles. The molecule has 6 heteroatoms. The number of hydrogen-bond donors (Lipinski definition) is 1. The highest BCUT2D eigenvalue weighted by Gasteiger charge is 2.43. The highest BCUT2D eigenvalue weighted by Crippen LogP contribution is 2.39. The summed E-state index contributed by atoms with van der Waals surface area (Å²) >= 11 is 5.38. The summed E-state index contributed by atoms with van der Waals surface area (Å²) in [5, 5.41) is 2.13. The van der Waals surface area contributed by atoms with Crippen molar-refractivity contribution in [1.82, 2.24) is 5.32 Å². The predicted octanol–water partition coefficient (Wildman–Crippen LogP) is 3.33. The van der Waals surface area contributed by atoms with E-state index < -0.39 is 35.0 Å². The van der Waals surface area contributed by atoms with Crippen molar-refractivity contribution in [3.8, 4) is 0 Å². The highest BCUT2D eigenvalue weighted by atomic mass is 35.5. The number of rotatable bonds is 1. The molecule has 0 amide bonds. The van der Waals surface area contributed by atoms with Crippen molar-refractivity contribution in [2.75, 3.05) is 13.1 Å². The van der Waals surface area contributed by atoms with E-state index in [0.717, 1.165) is 12.1 Å². The number of alkyl halides is 2. The van der Waals surface area contributed by atoms with Crippen LogP contribution in [-0.4, -0.2) is 19.0 Å². The van der Waals surface area contributed by atoms with Crippen LogP contribution in [0.1, 0.15) is 17.9 Å². The molecule has 0 aliphatic carbocycles. The summed E-state index contributed by atoms with van der Waals surface area (Å²) in [5.41, 5.74) is -0.307. The Labute approximate surface area is 101 Å². The monoisotopic (exact) mass is 267 g/mol. The lowest BCUT2D eigenvalue weighted by Gasteiger charge is -2.32. The van der Waals surface area contributed by atoms with E-state index in [4.69, 9.17) is 11.6 Å². The third-order valence-corrected chi connectivity index (χ3v) is 3.18. The van der Waals surface area contributed by atoms with E-state index in [1.807, 2.05) is 0 Å². The van der Waals surface area contributed by atoms with Crippen molar-refractivity contribution in [3.63, 3.8) is 0 Å². The first kappa shape index (κ1) is 12.6. The zero-order valence-electron chi connectivity index (χ0n) is 8.74. The minimum Gasteiger partial charge on any atom is -0.311 e. The van der Waals surface area contributed by atoms with Gasteiger partial charge in [-0.25, -0.2) is 17.6 Å². The van der Waals surface area contributed by atoms with Crippen molar-refractivity contribution in [2.24, 2.45) is 0 Å². The Kier molecular flexibility index (Phi) is 3.32. The molecule has 1 aromatic rings. The van der Waals surface area contributed by atoms with E-state index in [2.05, 4.69) is 5.32 Å². The lowest BCUT2D eigenvalue weighted by Crippen LogP contribution is -2.44. The summed E-state index contributed by atoms with van der Waals surface area (Å²) in [6.07, 6.45) is 0.0605. The van der Waals surface area contributed by atoms with Gasteiger partial charge in [0.15, 0.2) is 0 Å². The smallest absolute Gasteiger partial charge is 0.267 e. The van der Waals surface area contributed by atoms with Gasteiger partial charge in [-0.1, -0.05) is 11.6 Å². The van der Waals surface area contributed by atoms with Gasteiger partial charge in [0.25, 0.3) is 5.92 Å². The van der Waals surface area contributed by atoms with Gasteiger partial charge in [0.1, 0.15) is 11.6 Å². The maximum atomic E-state index is 13.6. The Hall–Kier alpha value is -0.810. The number of hydrogen-bond acceptors (Lipinski definition) is 1. The van der Waals surface area contributed by atoms with Crippen LogP contribution in [0.3, 0.4) is 0 Å². The highest BCUT2D eigenvalue weighted by molar-refractivity contribution is 6.30. The maximum absolute atomic E-state index is 13.6. The molecule has 0 spiro atoms. The molecule has 0 bridgehead atoms. The SMILES string of the molecule is Fc1cc(C2CCNCC2(F)F)c(F)cc1Cl. The van der Waals surface area contributed by atoms with Gasteiger partial charge in [0, 0.05) is 0 Å². The van der Waals surface area contributed by atoms with Gasteiger partial charge in [-0.2, -0.15) is 0 Å². The first-order valence-electron chi connectivity index (χ1n) is 5.15. The van der Waals surface area contributed by atoms with Crippen LogP contribution in [0.5, 0.6) is 0 Å². The van der Waals surface area contributed by atoms with Gasteiger partial charge in [0.05, 0.1) is 17.5 Å². The van der Waals surface area contributed by atoms with Crippen molar-refractivity contribution in [1.29, 1.82) is 0 Å². The van der Waals surface area contributed by atoms with Gasteiger partial charge in [-0.15, -0.1) is 0 Å². The van der Waals surface area contributed by atoms with Crippen LogP contribution in [0.4, 0.5) is 17.6 Å². The lowest BCUT2D eigenvalue weighted by molar-refractivity contribution is -0.0430. The van der Waals surface area contributed by atoms with E-state index in [-0.39, 0.29) is 12.0 Å². The quantitative estimate of drug-likeness (QED) is 0.608. The van der Waals surface area contributed by atoms with Crippen molar-refractivity contribution >= 4 is 11.6 Å². The third-order valence-electron chi connectivity index (χ3n) is 2.90. The minimum atomic E-state index is -3.08. The first-order valence-corrected chi connectivity index (χ1v) is 5.52. The minimum absolute atomic E-state index is 0.0605. The average Bonchev–Trinajstić information content (AvgIpc) is 2.23. The summed E-state index contributed by atoms with van der Waals surface area (Å²) in [7, 11) is 0. The molecular weight excluding hydrogens is 258 g/mol. The molecule has 2 rings (SSSR count). The number of benzene rings is 1. The molecule has 1 aliphatic rings. The Morgan fingerprint density at radius 2 is 1.94 bits per heavy atom. The standard InChI is InChI=1S/C11H10ClF4N/c12-8-4-9(13)6(3-10(8)14)7-1-2-17-5-11(7,15)16/h3-4,7,17H,1-2,5H2. The van der Waals surface area contributed by atoms with E-state index in [9.17, 15) is 17.6 Å². The molecule has 1 fully saturated rings. The Morgan fingerprint density at radius 1 is 1.24 bits per heavy atom. The molecule has 1 nitrogen and oxygen atoms in total. The van der Waals surface area contributed by atoms with Gasteiger partial charge in [-0.05, 0) is 30.7 Å². The molecule has 17 heavy (non-hydrogen) atoms. The second-order valence-electron chi connectivity index (χ2n) is 4.07. The molecule has 1 aromatic carbocycles. The number of piperidine rings is 1. The van der Waals surface area contributed by atoms with Crippen molar-refractivity contribution in [2.45, 2.75) is 18.3 Å². The molecular formula is C11H10ClF4N. The van der Waals surface area contributed by atoms with E-state index >= 15 is 0 Å². The molecule has 0 radical (unpaired) electrons. The number of nitrogens with one attached hydrogen (secondary N) is 1. The lowest BCUT2D eigenvalue weighted by atomic mass is 9.86. The predicted molar refractivity (Wildman–Crippen MR) is 56.5 cm³/mol. The van der Waals surface area contributed by atoms with Crippen LogP contribution < -0.4 is 5.32 Å². The zero-order chi connectivity index (χ0) is 12.6. The van der Waals surface area contributed by atoms with Gasteiger partial charge < -0.3 is 5.32 Å². The van der Waals surface area contributed by atoms with Crippen LogP contribution >= 0.6 is 11.6 Å². The van der Waals surface area contributed by atoms with Crippen molar-refractivity contribution < 1.29 is 17.6 Å². The molecule has 0 saturated carbocycles. The largest absolute Gasteiger partial charge is 0.311 e. The fourth-order valence-corrected chi connectivity index (χ4v) is 2.17. The maximum Gasteiger partial charge on any atom is 0.267 e.